The number of rotatable bonds is 3. The fourth-order valence-corrected chi connectivity index (χ4v) is 4.93. The van der Waals surface area contributed by atoms with Gasteiger partial charge in [-0.1, -0.05) is 0 Å². The van der Waals surface area contributed by atoms with E-state index in [0.717, 1.165) is 12.8 Å². The molecule has 2 bridgehead atoms. The Balaban J connectivity index is 1.86. The van der Waals surface area contributed by atoms with E-state index in [1.807, 2.05) is 11.8 Å². The molecule has 7 nitrogen and oxygen atoms in total. The van der Waals surface area contributed by atoms with Crippen molar-refractivity contribution in [1.29, 1.82) is 0 Å². The molecule has 134 valence electrons. The zero-order chi connectivity index (χ0) is 17.6. The third-order valence-electron chi connectivity index (χ3n) is 5.00. The molecule has 0 saturated carbocycles. The summed E-state index contributed by atoms with van der Waals surface area (Å²) < 4.78 is 33.2. The zero-order valence-corrected chi connectivity index (χ0v) is 15.5. The Labute approximate surface area is 143 Å². The summed E-state index contributed by atoms with van der Waals surface area (Å²) in [7, 11) is -0.368. The minimum absolute atomic E-state index is 0.0526. The SMILES string of the molecule is Cc1cc(C(=O)N2C[C@H]3CC[C@@H]2CN(S(=O)(=O)N(C)C)C3)c(C)o1. The maximum atomic E-state index is 13.0. The van der Waals surface area contributed by atoms with Crippen LogP contribution >= 0.6 is 0 Å². The highest BCUT2D eigenvalue weighted by atomic mass is 32.2. The number of piperidine rings is 1. The first-order valence-corrected chi connectivity index (χ1v) is 9.65. The summed E-state index contributed by atoms with van der Waals surface area (Å²) in [6.45, 7) is 5.05. The van der Waals surface area contributed by atoms with Crippen molar-refractivity contribution in [3.8, 4) is 0 Å². The first-order chi connectivity index (χ1) is 11.2. The normalized spacial score (nSPS) is 25.3. The Hall–Kier alpha value is -1.38. The molecule has 4 rings (SSSR count). The number of carbonyl (C=O) groups is 1. The third-order valence-corrected chi connectivity index (χ3v) is 6.87. The van der Waals surface area contributed by atoms with Crippen molar-refractivity contribution in [1.82, 2.24) is 13.5 Å². The van der Waals surface area contributed by atoms with Crippen molar-refractivity contribution in [3.05, 3.63) is 23.2 Å². The molecule has 24 heavy (non-hydrogen) atoms. The summed E-state index contributed by atoms with van der Waals surface area (Å²) in [6, 6.07) is 1.69. The standard InChI is InChI=1S/C16H25N3O4S/c1-11-7-15(12(2)23-11)16(20)19-9-13-5-6-14(19)10-18(8-13)24(21,22)17(3)4/h7,13-14H,5-6,8-10H2,1-4H3/t13-,14+/m0/s1. The van der Waals surface area contributed by atoms with E-state index in [4.69, 9.17) is 4.42 Å². The van der Waals surface area contributed by atoms with E-state index < -0.39 is 10.2 Å². The van der Waals surface area contributed by atoms with E-state index in [9.17, 15) is 13.2 Å². The molecule has 3 fully saturated rings. The number of aryl methyl sites for hydroxylation is 2. The molecule has 3 aliphatic heterocycles. The van der Waals surface area contributed by atoms with Crippen LogP contribution in [0.1, 0.15) is 34.7 Å². The van der Waals surface area contributed by atoms with E-state index in [2.05, 4.69) is 0 Å². The Morgan fingerprint density at radius 2 is 1.92 bits per heavy atom. The van der Waals surface area contributed by atoms with Gasteiger partial charge in [0.1, 0.15) is 11.5 Å². The predicted octanol–water partition coefficient (Wildman–Crippen LogP) is 1.24. The Morgan fingerprint density at radius 1 is 1.21 bits per heavy atom. The van der Waals surface area contributed by atoms with Crippen molar-refractivity contribution in [2.24, 2.45) is 5.92 Å². The van der Waals surface area contributed by atoms with Crippen LogP contribution in [0, 0.1) is 19.8 Å². The van der Waals surface area contributed by atoms with E-state index in [1.165, 1.54) is 8.61 Å². The molecule has 2 atom stereocenters. The summed E-state index contributed by atoms with van der Waals surface area (Å²) in [4.78, 5) is 14.8. The van der Waals surface area contributed by atoms with Gasteiger partial charge in [0, 0.05) is 39.8 Å². The highest BCUT2D eigenvalue weighted by Crippen LogP contribution is 2.31. The van der Waals surface area contributed by atoms with Crippen molar-refractivity contribution >= 4 is 16.1 Å². The molecule has 1 aromatic rings. The van der Waals surface area contributed by atoms with Crippen molar-refractivity contribution in [2.45, 2.75) is 32.7 Å². The van der Waals surface area contributed by atoms with Crippen LogP contribution in [-0.2, 0) is 10.2 Å². The first-order valence-electron chi connectivity index (χ1n) is 8.25. The van der Waals surface area contributed by atoms with Crippen molar-refractivity contribution in [3.63, 3.8) is 0 Å². The first kappa shape index (κ1) is 17.4. The third kappa shape index (κ3) is 2.98. The Bertz CT molecular complexity index is 741. The molecule has 1 amide bonds. The van der Waals surface area contributed by atoms with Gasteiger partial charge >= 0.3 is 0 Å². The number of amides is 1. The number of fused-ring (bicyclic) bond motifs is 4. The minimum Gasteiger partial charge on any atom is -0.466 e. The molecule has 1 aromatic heterocycles. The predicted molar refractivity (Wildman–Crippen MR) is 89.9 cm³/mol. The second kappa shape index (κ2) is 6.16. The van der Waals surface area contributed by atoms with Gasteiger partial charge in [-0.3, -0.25) is 4.79 Å². The number of furan rings is 1. The van der Waals surface area contributed by atoms with E-state index in [-0.39, 0.29) is 17.9 Å². The van der Waals surface area contributed by atoms with E-state index in [1.54, 1.807) is 27.1 Å². The minimum atomic E-state index is -3.46. The number of nitrogens with zero attached hydrogens (tertiary/aromatic N) is 3. The molecule has 0 N–H and O–H groups in total. The molecular formula is C16H25N3O4S. The van der Waals surface area contributed by atoms with Gasteiger partial charge in [0.15, 0.2) is 0 Å². The molecule has 0 unspecified atom stereocenters. The Kier molecular flexibility index (Phi) is 4.48. The molecule has 4 heterocycles. The molecule has 0 aromatic carbocycles. The highest BCUT2D eigenvalue weighted by Gasteiger charge is 2.42. The summed E-state index contributed by atoms with van der Waals surface area (Å²) in [5.74, 6) is 1.46. The number of carbonyl (C=O) groups excluding carboxylic acids is 1. The maximum Gasteiger partial charge on any atom is 0.281 e. The summed E-state index contributed by atoms with van der Waals surface area (Å²) in [5, 5.41) is 0. The average molecular weight is 355 g/mol. The molecular weight excluding hydrogens is 330 g/mol. The van der Waals surface area contributed by atoms with Crippen LogP contribution in [0.25, 0.3) is 0 Å². The lowest BCUT2D eigenvalue weighted by molar-refractivity contribution is 0.0587. The van der Waals surface area contributed by atoms with Crippen LogP contribution in [0.5, 0.6) is 0 Å². The van der Waals surface area contributed by atoms with Crippen LogP contribution in [0.4, 0.5) is 0 Å². The highest BCUT2D eigenvalue weighted by molar-refractivity contribution is 7.86. The van der Waals surface area contributed by atoms with Gasteiger partial charge in [-0.05, 0) is 38.7 Å². The van der Waals surface area contributed by atoms with Crippen LogP contribution in [-0.4, -0.2) is 67.6 Å². The van der Waals surface area contributed by atoms with Gasteiger partial charge in [-0.15, -0.1) is 0 Å². The van der Waals surface area contributed by atoms with Gasteiger partial charge in [0.05, 0.1) is 5.56 Å². The lowest BCUT2D eigenvalue weighted by Crippen LogP contribution is -2.48. The quantitative estimate of drug-likeness (QED) is 0.818. The summed E-state index contributed by atoms with van der Waals surface area (Å²) in [5.41, 5.74) is 0.585. The number of hydrogen-bond acceptors (Lipinski definition) is 4. The van der Waals surface area contributed by atoms with Gasteiger partial charge in [0.2, 0.25) is 0 Å². The lowest BCUT2D eigenvalue weighted by atomic mass is 9.94. The molecule has 0 aliphatic carbocycles. The second-order valence-corrected chi connectivity index (χ2v) is 9.13. The van der Waals surface area contributed by atoms with Crippen molar-refractivity contribution in [2.75, 3.05) is 33.7 Å². The Morgan fingerprint density at radius 3 is 2.50 bits per heavy atom. The van der Waals surface area contributed by atoms with Gasteiger partial charge < -0.3 is 9.32 Å². The smallest absolute Gasteiger partial charge is 0.281 e. The molecule has 0 radical (unpaired) electrons. The van der Waals surface area contributed by atoms with E-state index >= 15 is 0 Å². The molecule has 3 aliphatic rings. The molecule has 0 spiro atoms. The maximum absolute atomic E-state index is 13.0. The topological polar surface area (TPSA) is 74.1 Å². The average Bonchev–Trinajstić information content (AvgIpc) is 2.70. The van der Waals surface area contributed by atoms with Gasteiger partial charge in [0.25, 0.3) is 16.1 Å². The zero-order valence-electron chi connectivity index (χ0n) is 14.7. The molecule has 3 saturated heterocycles. The van der Waals surface area contributed by atoms with Gasteiger partial charge in [-0.25, -0.2) is 0 Å². The van der Waals surface area contributed by atoms with Crippen LogP contribution in [0.2, 0.25) is 0 Å². The second-order valence-electron chi connectivity index (χ2n) is 6.99. The largest absolute Gasteiger partial charge is 0.466 e. The van der Waals surface area contributed by atoms with E-state index in [0.29, 0.717) is 36.7 Å². The van der Waals surface area contributed by atoms with Gasteiger partial charge in [-0.2, -0.15) is 17.0 Å². The van der Waals surface area contributed by atoms with Crippen LogP contribution in [0.3, 0.4) is 0 Å². The summed E-state index contributed by atoms with van der Waals surface area (Å²) in [6.07, 6.45) is 1.79. The summed E-state index contributed by atoms with van der Waals surface area (Å²) >= 11 is 0. The van der Waals surface area contributed by atoms with Crippen molar-refractivity contribution < 1.29 is 17.6 Å². The number of hydrogen-bond donors (Lipinski definition) is 0. The fraction of sp³-hybridized carbons (Fsp3) is 0.688. The van der Waals surface area contributed by atoms with Crippen LogP contribution < -0.4 is 0 Å². The lowest BCUT2D eigenvalue weighted by Gasteiger charge is -2.36. The van der Waals surface area contributed by atoms with Crippen LogP contribution in [0.15, 0.2) is 10.5 Å². The molecule has 8 heteroatoms. The monoisotopic (exact) mass is 355 g/mol. The fourth-order valence-electron chi connectivity index (χ4n) is 3.70.